The van der Waals surface area contributed by atoms with Crippen LogP contribution in [-0.4, -0.2) is 49.1 Å². The molecule has 0 aromatic heterocycles. The summed E-state index contributed by atoms with van der Waals surface area (Å²) in [6.07, 6.45) is 2.40. The second-order valence-electron chi connectivity index (χ2n) is 6.84. The quantitative estimate of drug-likeness (QED) is 0.768. The molecule has 136 valence electrons. The van der Waals surface area contributed by atoms with Gasteiger partial charge in [0, 0.05) is 42.8 Å². The van der Waals surface area contributed by atoms with E-state index in [0.717, 1.165) is 35.1 Å². The maximum Gasteiger partial charge on any atom is 0.228 e. The monoisotopic (exact) mass is 408 g/mol. The molecular formula is C19H25BrN2O3. The van der Waals surface area contributed by atoms with E-state index in [2.05, 4.69) is 15.9 Å². The van der Waals surface area contributed by atoms with Crippen molar-refractivity contribution in [2.24, 2.45) is 5.92 Å². The highest BCUT2D eigenvalue weighted by atomic mass is 79.9. The molecule has 2 aliphatic rings. The second-order valence-corrected chi connectivity index (χ2v) is 7.70. The molecule has 2 fully saturated rings. The molecule has 1 aromatic carbocycles. The predicted molar refractivity (Wildman–Crippen MR) is 101 cm³/mol. The zero-order chi connectivity index (χ0) is 18.0. The van der Waals surface area contributed by atoms with Gasteiger partial charge in [-0.05, 0) is 50.5 Å². The summed E-state index contributed by atoms with van der Waals surface area (Å²) in [4.78, 5) is 29.0. The van der Waals surface area contributed by atoms with Gasteiger partial charge in [-0.3, -0.25) is 9.59 Å². The molecule has 5 nitrogen and oxygen atoms in total. The number of halogens is 1. The third-order valence-electron chi connectivity index (χ3n) is 5.02. The van der Waals surface area contributed by atoms with Crippen molar-refractivity contribution in [2.45, 2.75) is 39.2 Å². The normalized spacial score (nSPS) is 24.0. The minimum atomic E-state index is -0.253. The van der Waals surface area contributed by atoms with Gasteiger partial charge in [0.2, 0.25) is 11.8 Å². The van der Waals surface area contributed by atoms with Gasteiger partial charge in [0.25, 0.3) is 0 Å². The molecule has 2 atom stereocenters. The molecule has 2 unspecified atom stereocenters. The summed E-state index contributed by atoms with van der Waals surface area (Å²) in [5.74, 6) is -0.135. The molecule has 0 bridgehead atoms. The van der Waals surface area contributed by atoms with E-state index in [1.807, 2.05) is 36.9 Å². The number of carbonyl (C=O) groups excluding carboxylic acids is 2. The number of rotatable bonds is 4. The van der Waals surface area contributed by atoms with E-state index in [4.69, 9.17) is 4.74 Å². The van der Waals surface area contributed by atoms with Gasteiger partial charge in [0.15, 0.2) is 0 Å². The topological polar surface area (TPSA) is 49.9 Å². The lowest BCUT2D eigenvalue weighted by atomic mass is 10.0. The van der Waals surface area contributed by atoms with E-state index in [1.54, 1.807) is 4.90 Å². The number of ether oxygens (including phenoxy) is 1. The van der Waals surface area contributed by atoms with Crippen molar-refractivity contribution in [1.82, 2.24) is 4.90 Å². The van der Waals surface area contributed by atoms with E-state index >= 15 is 0 Å². The lowest BCUT2D eigenvalue weighted by Gasteiger charge is -2.34. The largest absolute Gasteiger partial charge is 0.377 e. The second kappa shape index (κ2) is 7.87. The number of hydrogen-bond donors (Lipinski definition) is 0. The van der Waals surface area contributed by atoms with E-state index in [-0.39, 0.29) is 23.8 Å². The number of anilines is 1. The lowest BCUT2D eigenvalue weighted by Crippen LogP contribution is -2.46. The Balaban J connectivity index is 1.67. The van der Waals surface area contributed by atoms with Crippen molar-refractivity contribution >= 4 is 33.4 Å². The molecule has 2 amide bonds. The summed E-state index contributed by atoms with van der Waals surface area (Å²) in [5.41, 5.74) is 1.95. The molecular weight excluding hydrogens is 384 g/mol. The van der Waals surface area contributed by atoms with Crippen molar-refractivity contribution in [3.8, 4) is 0 Å². The zero-order valence-electron chi connectivity index (χ0n) is 14.8. The predicted octanol–water partition coefficient (Wildman–Crippen LogP) is 3.14. The Labute approximate surface area is 157 Å². The van der Waals surface area contributed by atoms with E-state index in [1.165, 1.54) is 0 Å². The standard InChI is InChI=1S/C19H25BrN2O3/c1-3-25-16-5-4-8-21(12-16)19(24)14-10-18(23)22(11-14)15-6-7-17(20)13(2)9-15/h6-7,9,14,16H,3-5,8,10-12H2,1-2H3. The number of aryl methyl sites for hydroxylation is 1. The molecule has 0 radical (unpaired) electrons. The summed E-state index contributed by atoms with van der Waals surface area (Å²) in [6, 6.07) is 5.86. The van der Waals surface area contributed by atoms with Crippen LogP contribution in [-0.2, 0) is 14.3 Å². The third kappa shape index (κ3) is 4.06. The summed E-state index contributed by atoms with van der Waals surface area (Å²) < 4.78 is 6.71. The van der Waals surface area contributed by atoms with Crippen LogP contribution in [0, 0.1) is 12.8 Å². The fourth-order valence-corrected chi connectivity index (χ4v) is 3.93. The molecule has 2 saturated heterocycles. The van der Waals surface area contributed by atoms with Gasteiger partial charge in [0.1, 0.15) is 0 Å². The summed E-state index contributed by atoms with van der Waals surface area (Å²) in [7, 11) is 0. The van der Waals surface area contributed by atoms with Crippen LogP contribution < -0.4 is 4.90 Å². The highest BCUT2D eigenvalue weighted by Gasteiger charge is 2.38. The third-order valence-corrected chi connectivity index (χ3v) is 5.91. The molecule has 0 N–H and O–H groups in total. The van der Waals surface area contributed by atoms with E-state index in [0.29, 0.717) is 26.1 Å². The van der Waals surface area contributed by atoms with Crippen LogP contribution in [0.15, 0.2) is 22.7 Å². The van der Waals surface area contributed by atoms with E-state index in [9.17, 15) is 9.59 Å². The van der Waals surface area contributed by atoms with Crippen LogP contribution in [0.3, 0.4) is 0 Å². The highest BCUT2D eigenvalue weighted by molar-refractivity contribution is 9.10. The first kappa shape index (κ1) is 18.4. The molecule has 25 heavy (non-hydrogen) atoms. The van der Waals surface area contributed by atoms with Gasteiger partial charge >= 0.3 is 0 Å². The van der Waals surface area contributed by atoms with Crippen LogP contribution in [0.1, 0.15) is 31.7 Å². The fraction of sp³-hybridized carbons (Fsp3) is 0.579. The lowest BCUT2D eigenvalue weighted by molar-refractivity contribution is -0.139. The molecule has 3 rings (SSSR count). The Hall–Kier alpha value is -1.40. The Kier molecular flexibility index (Phi) is 5.79. The average molecular weight is 409 g/mol. The van der Waals surface area contributed by atoms with Crippen molar-refractivity contribution in [3.63, 3.8) is 0 Å². The van der Waals surface area contributed by atoms with Gasteiger partial charge in [0.05, 0.1) is 12.0 Å². The van der Waals surface area contributed by atoms with Crippen molar-refractivity contribution in [1.29, 1.82) is 0 Å². The van der Waals surface area contributed by atoms with Gasteiger partial charge in [-0.2, -0.15) is 0 Å². The number of carbonyl (C=O) groups is 2. The van der Waals surface area contributed by atoms with E-state index < -0.39 is 0 Å². The molecule has 0 spiro atoms. The Morgan fingerprint density at radius 1 is 1.36 bits per heavy atom. The van der Waals surface area contributed by atoms with Crippen molar-refractivity contribution in [2.75, 3.05) is 31.1 Å². The number of likely N-dealkylation sites (tertiary alicyclic amines) is 1. The van der Waals surface area contributed by atoms with Crippen molar-refractivity contribution < 1.29 is 14.3 Å². The highest BCUT2D eigenvalue weighted by Crippen LogP contribution is 2.30. The van der Waals surface area contributed by atoms with Gasteiger partial charge in [-0.1, -0.05) is 15.9 Å². The molecule has 6 heteroatoms. The smallest absolute Gasteiger partial charge is 0.228 e. The van der Waals surface area contributed by atoms with Crippen LogP contribution in [0.4, 0.5) is 5.69 Å². The SMILES string of the molecule is CCOC1CCCN(C(=O)C2CC(=O)N(c3ccc(Br)c(C)c3)C2)C1. The number of amides is 2. The minimum Gasteiger partial charge on any atom is -0.377 e. The van der Waals surface area contributed by atoms with Crippen LogP contribution >= 0.6 is 15.9 Å². The Morgan fingerprint density at radius 3 is 2.88 bits per heavy atom. The Bertz CT molecular complexity index is 662. The maximum atomic E-state index is 12.9. The first-order valence-electron chi connectivity index (χ1n) is 8.96. The average Bonchev–Trinajstić information content (AvgIpc) is 2.99. The van der Waals surface area contributed by atoms with Gasteiger partial charge in [-0.15, -0.1) is 0 Å². The minimum absolute atomic E-state index is 0.0263. The van der Waals surface area contributed by atoms with Crippen LogP contribution in [0.5, 0.6) is 0 Å². The van der Waals surface area contributed by atoms with Gasteiger partial charge < -0.3 is 14.5 Å². The van der Waals surface area contributed by atoms with Gasteiger partial charge in [-0.25, -0.2) is 0 Å². The molecule has 2 heterocycles. The number of benzene rings is 1. The zero-order valence-corrected chi connectivity index (χ0v) is 16.4. The maximum absolute atomic E-state index is 12.9. The first-order valence-corrected chi connectivity index (χ1v) is 9.75. The van der Waals surface area contributed by atoms with Crippen LogP contribution in [0.2, 0.25) is 0 Å². The molecule has 1 aromatic rings. The summed E-state index contributed by atoms with van der Waals surface area (Å²) in [5, 5.41) is 0. The molecule has 0 saturated carbocycles. The number of hydrogen-bond acceptors (Lipinski definition) is 3. The molecule has 0 aliphatic carbocycles. The van der Waals surface area contributed by atoms with Crippen LogP contribution in [0.25, 0.3) is 0 Å². The summed E-state index contributed by atoms with van der Waals surface area (Å²) in [6.45, 7) is 6.53. The summed E-state index contributed by atoms with van der Waals surface area (Å²) >= 11 is 3.48. The van der Waals surface area contributed by atoms with Crippen molar-refractivity contribution in [3.05, 3.63) is 28.2 Å². The fourth-order valence-electron chi connectivity index (χ4n) is 3.69. The number of piperidine rings is 1. The Morgan fingerprint density at radius 2 is 2.16 bits per heavy atom. The first-order chi connectivity index (χ1) is 12.0. The number of nitrogens with zero attached hydrogens (tertiary/aromatic N) is 2. The molecule has 2 aliphatic heterocycles.